The summed E-state index contributed by atoms with van der Waals surface area (Å²) in [7, 11) is 0. The molecule has 0 bridgehead atoms. The second kappa shape index (κ2) is 10.7. The van der Waals surface area contributed by atoms with Gasteiger partial charge in [0.2, 0.25) is 0 Å². The molecule has 0 aliphatic heterocycles. The second-order valence-corrected chi connectivity index (χ2v) is 7.80. The zero-order valence-corrected chi connectivity index (χ0v) is 18.3. The van der Waals surface area contributed by atoms with Crippen molar-refractivity contribution >= 4 is 22.7 Å². The fourth-order valence-electron chi connectivity index (χ4n) is 3.52. The molecule has 0 fully saturated rings. The van der Waals surface area contributed by atoms with Crippen LogP contribution < -0.4 is 14.8 Å². The third kappa shape index (κ3) is 6.93. The highest BCUT2D eigenvalue weighted by molar-refractivity contribution is 5.88. The van der Waals surface area contributed by atoms with Crippen molar-refractivity contribution in [3.8, 4) is 11.5 Å². The van der Waals surface area contributed by atoms with Crippen molar-refractivity contribution in [3.05, 3.63) is 71.8 Å². The van der Waals surface area contributed by atoms with Crippen LogP contribution in [0.4, 0.5) is 0 Å². The van der Waals surface area contributed by atoms with Gasteiger partial charge < -0.3 is 14.8 Å². The minimum Gasteiger partial charge on any atom is -0.423 e. The SMILES string of the molecule is CC(=O)Oc1cc2ccc(CCNC(C)CCc3ccccc3)cc2cc1OC(C)=O. The van der Waals surface area contributed by atoms with Gasteiger partial charge in [-0.25, -0.2) is 0 Å². The van der Waals surface area contributed by atoms with Gasteiger partial charge in [-0.3, -0.25) is 9.59 Å². The number of esters is 2. The predicted molar refractivity (Wildman–Crippen MR) is 122 cm³/mol. The lowest BCUT2D eigenvalue weighted by Gasteiger charge is -2.14. The Morgan fingerprint density at radius 3 is 2.10 bits per heavy atom. The van der Waals surface area contributed by atoms with Gasteiger partial charge in [0, 0.05) is 19.9 Å². The lowest BCUT2D eigenvalue weighted by molar-refractivity contribution is -0.134. The van der Waals surface area contributed by atoms with Crippen LogP contribution in [0.15, 0.2) is 60.7 Å². The fraction of sp³-hybridized carbons (Fsp3) is 0.308. The summed E-state index contributed by atoms with van der Waals surface area (Å²) in [5, 5.41) is 5.44. The van der Waals surface area contributed by atoms with Gasteiger partial charge in [0.1, 0.15) is 0 Å². The van der Waals surface area contributed by atoms with Crippen LogP contribution in [0, 0.1) is 0 Å². The molecule has 162 valence electrons. The Balaban J connectivity index is 1.61. The van der Waals surface area contributed by atoms with Gasteiger partial charge in [-0.2, -0.15) is 0 Å². The molecule has 3 aromatic rings. The quantitative estimate of drug-likeness (QED) is 0.397. The van der Waals surface area contributed by atoms with Crippen molar-refractivity contribution in [2.45, 2.75) is 46.1 Å². The summed E-state index contributed by atoms with van der Waals surface area (Å²) in [6.45, 7) is 5.73. The molecule has 0 aromatic heterocycles. The van der Waals surface area contributed by atoms with Crippen LogP contribution in [0.1, 0.15) is 38.3 Å². The summed E-state index contributed by atoms with van der Waals surface area (Å²) in [5.74, 6) is -0.425. The zero-order chi connectivity index (χ0) is 22.2. The van der Waals surface area contributed by atoms with E-state index in [0.717, 1.165) is 36.6 Å². The summed E-state index contributed by atoms with van der Waals surface area (Å²) < 4.78 is 10.4. The lowest BCUT2D eigenvalue weighted by atomic mass is 10.0. The summed E-state index contributed by atoms with van der Waals surface area (Å²) in [4.78, 5) is 22.8. The average molecular weight is 420 g/mol. The molecule has 0 spiro atoms. The first-order chi connectivity index (χ1) is 14.9. The van der Waals surface area contributed by atoms with Crippen LogP contribution in [0.5, 0.6) is 11.5 Å². The minimum absolute atomic E-state index is 0.247. The van der Waals surface area contributed by atoms with Gasteiger partial charge in [0.25, 0.3) is 0 Å². The van der Waals surface area contributed by atoms with Crippen molar-refractivity contribution in [2.75, 3.05) is 6.54 Å². The molecule has 0 saturated heterocycles. The van der Waals surface area contributed by atoms with E-state index in [-0.39, 0.29) is 11.5 Å². The van der Waals surface area contributed by atoms with E-state index in [2.05, 4.69) is 48.6 Å². The van der Waals surface area contributed by atoms with E-state index in [1.807, 2.05) is 12.1 Å². The van der Waals surface area contributed by atoms with Crippen molar-refractivity contribution in [1.29, 1.82) is 0 Å². The maximum absolute atomic E-state index is 11.4. The molecule has 1 unspecified atom stereocenters. The Bertz CT molecular complexity index is 1050. The fourth-order valence-corrected chi connectivity index (χ4v) is 3.52. The Morgan fingerprint density at radius 2 is 1.45 bits per heavy atom. The minimum atomic E-state index is -0.461. The molecule has 3 aromatic carbocycles. The number of hydrogen-bond acceptors (Lipinski definition) is 5. The number of nitrogens with one attached hydrogen (secondary N) is 1. The number of aryl methyl sites for hydroxylation is 1. The summed E-state index contributed by atoms with van der Waals surface area (Å²) in [5.41, 5.74) is 2.55. The average Bonchev–Trinajstić information content (AvgIpc) is 2.73. The summed E-state index contributed by atoms with van der Waals surface area (Å²) >= 11 is 0. The summed E-state index contributed by atoms with van der Waals surface area (Å²) in [6.07, 6.45) is 3.04. The first-order valence-electron chi connectivity index (χ1n) is 10.6. The highest BCUT2D eigenvalue weighted by Gasteiger charge is 2.12. The Labute approximate surface area is 183 Å². The van der Waals surface area contributed by atoms with Crippen LogP contribution in [0.25, 0.3) is 10.8 Å². The number of carbonyl (C=O) groups is 2. The largest absolute Gasteiger partial charge is 0.423 e. The molecule has 5 heteroatoms. The highest BCUT2D eigenvalue weighted by atomic mass is 16.6. The maximum Gasteiger partial charge on any atom is 0.308 e. The van der Waals surface area contributed by atoms with E-state index >= 15 is 0 Å². The third-order valence-corrected chi connectivity index (χ3v) is 5.09. The summed E-state index contributed by atoms with van der Waals surface area (Å²) in [6, 6.07) is 20.6. The number of rotatable bonds is 9. The van der Waals surface area contributed by atoms with E-state index in [0.29, 0.717) is 6.04 Å². The van der Waals surface area contributed by atoms with Crippen LogP contribution in [0.3, 0.4) is 0 Å². The first kappa shape index (κ1) is 22.5. The highest BCUT2D eigenvalue weighted by Crippen LogP contribution is 2.33. The number of ether oxygens (including phenoxy) is 2. The monoisotopic (exact) mass is 419 g/mol. The van der Waals surface area contributed by atoms with Gasteiger partial charge in [-0.05, 0) is 66.8 Å². The standard InChI is InChI=1S/C26H29NO4/c1-18(9-10-21-7-5-4-6-8-21)27-14-13-22-11-12-23-16-25(30-19(2)28)26(31-20(3)29)17-24(23)15-22/h4-8,11-12,15-18,27H,9-10,13-14H2,1-3H3. The van der Waals surface area contributed by atoms with Gasteiger partial charge in [-0.15, -0.1) is 0 Å². The maximum atomic E-state index is 11.4. The predicted octanol–water partition coefficient (Wildman–Crippen LogP) is 4.84. The molecule has 0 aliphatic rings. The molecule has 31 heavy (non-hydrogen) atoms. The molecular formula is C26H29NO4. The zero-order valence-electron chi connectivity index (χ0n) is 18.3. The second-order valence-electron chi connectivity index (χ2n) is 7.80. The van der Waals surface area contributed by atoms with Crippen LogP contribution in [-0.2, 0) is 22.4 Å². The van der Waals surface area contributed by atoms with Crippen molar-refractivity contribution in [1.82, 2.24) is 5.32 Å². The lowest BCUT2D eigenvalue weighted by Crippen LogP contribution is -2.28. The smallest absolute Gasteiger partial charge is 0.308 e. The van der Waals surface area contributed by atoms with Crippen LogP contribution in [0.2, 0.25) is 0 Å². The molecule has 3 rings (SSSR count). The molecule has 0 aliphatic carbocycles. The number of carbonyl (C=O) groups excluding carboxylic acids is 2. The Hall–Kier alpha value is -3.18. The first-order valence-corrected chi connectivity index (χ1v) is 10.6. The topological polar surface area (TPSA) is 64.6 Å². The molecule has 1 atom stereocenters. The molecule has 5 nitrogen and oxygen atoms in total. The molecule has 1 N–H and O–H groups in total. The number of hydrogen-bond donors (Lipinski definition) is 1. The molecule has 0 radical (unpaired) electrons. The number of fused-ring (bicyclic) bond motifs is 1. The molecule has 0 heterocycles. The van der Waals surface area contributed by atoms with E-state index in [9.17, 15) is 9.59 Å². The van der Waals surface area contributed by atoms with Crippen LogP contribution in [-0.4, -0.2) is 24.5 Å². The molecular weight excluding hydrogens is 390 g/mol. The Morgan fingerprint density at radius 1 is 0.806 bits per heavy atom. The van der Waals surface area contributed by atoms with Gasteiger partial charge in [0.05, 0.1) is 0 Å². The molecule has 0 amide bonds. The Kier molecular flexibility index (Phi) is 7.79. The van der Waals surface area contributed by atoms with E-state index in [1.165, 1.54) is 25.0 Å². The normalized spacial score (nSPS) is 11.8. The van der Waals surface area contributed by atoms with E-state index in [4.69, 9.17) is 9.47 Å². The van der Waals surface area contributed by atoms with Crippen LogP contribution >= 0.6 is 0 Å². The van der Waals surface area contributed by atoms with Crippen molar-refractivity contribution in [3.63, 3.8) is 0 Å². The third-order valence-electron chi connectivity index (χ3n) is 5.09. The molecule has 0 saturated carbocycles. The number of benzene rings is 3. The van der Waals surface area contributed by atoms with Gasteiger partial charge >= 0.3 is 11.9 Å². The van der Waals surface area contributed by atoms with Crippen molar-refractivity contribution in [2.24, 2.45) is 0 Å². The van der Waals surface area contributed by atoms with Gasteiger partial charge in [0.15, 0.2) is 11.5 Å². The van der Waals surface area contributed by atoms with E-state index < -0.39 is 11.9 Å². The van der Waals surface area contributed by atoms with Crippen molar-refractivity contribution < 1.29 is 19.1 Å². The van der Waals surface area contributed by atoms with E-state index in [1.54, 1.807) is 12.1 Å². The van der Waals surface area contributed by atoms with Gasteiger partial charge in [-0.1, -0.05) is 48.5 Å².